The monoisotopic (exact) mass is 327 g/mol. The summed E-state index contributed by atoms with van der Waals surface area (Å²) in [5.74, 6) is -0.691. The minimum atomic E-state index is -0.424. The van der Waals surface area contributed by atoms with Gasteiger partial charge in [0.15, 0.2) is 0 Å². The SMILES string of the molecule is Cl.O=C(c1cccc(F)c1)N(c1ccccc1)c1ccccc1. The van der Waals surface area contributed by atoms with E-state index in [1.54, 1.807) is 11.0 Å². The molecular weight excluding hydrogens is 313 g/mol. The highest BCUT2D eigenvalue weighted by Crippen LogP contribution is 2.27. The number of carbonyl (C=O) groups is 1. The molecule has 2 nitrogen and oxygen atoms in total. The Kier molecular flexibility index (Phi) is 5.50. The van der Waals surface area contributed by atoms with Crippen LogP contribution in [-0.2, 0) is 0 Å². The van der Waals surface area contributed by atoms with Crippen LogP contribution >= 0.6 is 12.4 Å². The first-order valence-electron chi connectivity index (χ1n) is 6.96. The molecular formula is C19H15ClFNO. The molecule has 0 saturated carbocycles. The van der Waals surface area contributed by atoms with Crippen LogP contribution in [-0.4, -0.2) is 5.91 Å². The smallest absolute Gasteiger partial charge is 0.262 e. The summed E-state index contributed by atoms with van der Waals surface area (Å²) in [6.07, 6.45) is 0. The average Bonchev–Trinajstić information content (AvgIpc) is 2.57. The summed E-state index contributed by atoms with van der Waals surface area (Å²) >= 11 is 0. The maximum Gasteiger partial charge on any atom is 0.262 e. The van der Waals surface area contributed by atoms with Crippen LogP contribution in [0, 0.1) is 5.82 Å². The largest absolute Gasteiger partial charge is 0.277 e. The summed E-state index contributed by atoms with van der Waals surface area (Å²) in [5, 5.41) is 0. The number of carbonyl (C=O) groups excluding carboxylic acids is 1. The Balaban J connectivity index is 0.00000192. The van der Waals surface area contributed by atoms with Gasteiger partial charge in [-0.25, -0.2) is 4.39 Å². The van der Waals surface area contributed by atoms with Gasteiger partial charge in [0.2, 0.25) is 0 Å². The van der Waals surface area contributed by atoms with Gasteiger partial charge in [0, 0.05) is 16.9 Å². The van der Waals surface area contributed by atoms with E-state index in [9.17, 15) is 9.18 Å². The molecule has 0 radical (unpaired) electrons. The fourth-order valence-corrected chi connectivity index (χ4v) is 2.29. The Morgan fingerprint density at radius 3 is 1.74 bits per heavy atom. The van der Waals surface area contributed by atoms with Crippen molar-refractivity contribution in [1.82, 2.24) is 0 Å². The van der Waals surface area contributed by atoms with Crippen molar-refractivity contribution in [3.8, 4) is 0 Å². The molecule has 0 spiro atoms. The standard InChI is InChI=1S/C19H14FNO.ClH/c20-16-9-7-8-15(14-16)19(22)21(17-10-3-1-4-11-17)18-12-5-2-6-13-18;/h1-14H;1H. The first-order chi connectivity index (χ1) is 10.8. The summed E-state index contributed by atoms with van der Waals surface area (Å²) in [6.45, 7) is 0. The number of anilines is 2. The van der Waals surface area contributed by atoms with Gasteiger partial charge in [0.1, 0.15) is 5.82 Å². The van der Waals surface area contributed by atoms with Crippen LogP contribution in [0.4, 0.5) is 15.8 Å². The van der Waals surface area contributed by atoms with E-state index in [-0.39, 0.29) is 18.3 Å². The summed E-state index contributed by atoms with van der Waals surface area (Å²) in [7, 11) is 0. The van der Waals surface area contributed by atoms with Gasteiger partial charge in [-0.15, -0.1) is 12.4 Å². The van der Waals surface area contributed by atoms with Gasteiger partial charge in [-0.2, -0.15) is 0 Å². The van der Waals surface area contributed by atoms with Crippen LogP contribution in [0.15, 0.2) is 84.9 Å². The summed E-state index contributed by atoms with van der Waals surface area (Å²) in [4.78, 5) is 14.4. The summed E-state index contributed by atoms with van der Waals surface area (Å²) < 4.78 is 13.4. The van der Waals surface area contributed by atoms with Crippen LogP contribution in [0.2, 0.25) is 0 Å². The molecule has 0 heterocycles. The minimum Gasteiger partial charge on any atom is -0.277 e. The van der Waals surface area contributed by atoms with Crippen molar-refractivity contribution in [3.05, 3.63) is 96.3 Å². The van der Waals surface area contributed by atoms with E-state index in [4.69, 9.17) is 0 Å². The quantitative estimate of drug-likeness (QED) is 0.645. The van der Waals surface area contributed by atoms with Crippen molar-refractivity contribution < 1.29 is 9.18 Å². The molecule has 0 atom stereocenters. The lowest BCUT2D eigenvalue weighted by molar-refractivity contribution is 0.0999. The second-order valence-corrected chi connectivity index (χ2v) is 4.82. The van der Waals surface area contributed by atoms with Crippen LogP contribution in [0.1, 0.15) is 10.4 Å². The lowest BCUT2D eigenvalue weighted by atomic mass is 10.1. The number of benzene rings is 3. The van der Waals surface area contributed by atoms with Crippen molar-refractivity contribution in [2.45, 2.75) is 0 Å². The van der Waals surface area contributed by atoms with E-state index in [2.05, 4.69) is 0 Å². The van der Waals surface area contributed by atoms with Gasteiger partial charge >= 0.3 is 0 Å². The highest BCUT2D eigenvalue weighted by atomic mass is 35.5. The lowest BCUT2D eigenvalue weighted by Gasteiger charge is -2.23. The van der Waals surface area contributed by atoms with Crippen LogP contribution in [0.3, 0.4) is 0 Å². The van der Waals surface area contributed by atoms with Gasteiger partial charge < -0.3 is 0 Å². The Morgan fingerprint density at radius 2 is 1.26 bits per heavy atom. The van der Waals surface area contributed by atoms with E-state index < -0.39 is 5.82 Å². The minimum absolute atomic E-state index is 0. The highest BCUT2D eigenvalue weighted by Gasteiger charge is 2.19. The number of hydrogen-bond donors (Lipinski definition) is 0. The Bertz CT molecular complexity index is 738. The third-order valence-electron chi connectivity index (χ3n) is 3.30. The fraction of sp³-hybridized carbons (Fsp3) is 0. The van der Waals surface area contributed by atoms with Crippen molar-refractivity contribution in [2.75, 3.05) is 4.90 Å². The number of amides is 1. The third kappa shape index (κ3) is 3.76. The molecule has 0 aliphatic rings. The summed E-state index contributed by atoms with van der Waals surface area (Å²) in [6, 6.07) is 24.4. The normalized spacial score (nSPS) is 9.78. The second-order valence-electron chi connectivity index (χ2n) is 4.82. The molecule has 0 fully saturated rings. The van der Waals surface area contributed by atoms with Crippen molar-refractivity contribution >= 4 is 29.7 Å². The fourth-order valence-electron chi connectivity index (χ4n) is 2.29. The predicted octanol–water partition coefficient (Wildman–Crippen LogP) is 5.23. The Labute approximate surface area is 140 Å². The van der Waals surface area contributed by atoms with Gasteiger partial charge in [-0.1, -0.05) is 42.5 Å². The Morgan fingerprint density at radius 1 is 0.739 bits per heavy atom. The molecule has 116 valence electrons. The zero-order valence-electron chi connectivity index (χ0n) is 12.2. The molecule has 23 heavy (non-hydrogen) atoms. The predicted molar refractivity (Wildman–Crippen MR) is 93.0 cm³/mol. The molecule has 0 N–H and O–H groups in total. The van der Waals surface area contributed by atoms with E-state index in [0.717, 1.165) is 11.4 Å². The van der Waals surface area contributed by atoms with Crippen molar-refractivity contribution in [2.24, 2.45) is 0 Å². The van der Waals surface area contributed by atoms with Crippen LogP contribution in [0.5, 0.6) is 0 Å². The Hall–Kier alpha value is -2.65. The molecule has 0 aliphatic carbocycles. The second kappa shape index (κ2) is 7.56. The topological polar surface area (TPSA) is 20.3 Å². The zero-order valence-corrected chi connectivity index (χ0v) is 13.0. The van der Waals surface area contributed by atoms with Crippen LogP contribution < -0.4 is 4.90 Å². The molecule has 3 aromatic rings. The van der Waals surface area contributed by atoms with Gasteiger partial charge in [-0.3, -0.25) is 9.69 Å². The van der Waals surface area contributed by atoms with Crippen molar-refractivity contribution in [3.63, 3.8) is 0 Å². The molecule has 1 amide bonds. The average molecular weight is 328 g/mol. The van der Waals surface area contributed by atoms with E-state index in [0.29, 0.717) is 5.56 Å². The van der Waals surface area contributed by atoms with E-state index >= 15 is 0 Å². The molecule has 0 saturated heterocycles. The van der Waals surface area contributed by atoms with Gasteiger partial charge in [0.25, 0.3) is 5.91 Å². The lowest BCUT2D eigenvalue weighted by Crippen LogP contribution is -2.25. The number of rotatable bonds is 3. The molecule has 3 aromatic carbocycles. The molecule has 0 unspecified atom stereocenters. The number of halogens is 2. The maximum atomic E-state index is 13.4. The third-order valence-corrected chi connectivity index (χ3v) is 3.30. The molecule has 4 heteroatoms. The highest BCUT2D eigenvalue weighted by molar-refractivity contribution is 6.10. The molecule has 0 aliphatic heterocycles. The number of para-hydroxylation sites is 2. The van der Waals surface area contributed by atoms with E-state index in [1.165, 1.54) is 18.2 Å². The molecule has 3 rings (SSSR count). The van der Waals surface area contributed by atoms with Gasteiger partial charge in [-0.05, 0) is 42.5 Å². The van der Waals surface area contributed by atoms with Gasteiger partial charge in [0.05, 0.1) is 0 Å². The number of nitrogens with zero attached hydrogens (tertiary/aromatic N) is 1. The van der Waals surface area contributed by atoms with E-state index in [1.807, 2.05) is 60.7 Å². The summed E-state index contributed by atoms with van der Waals surface area (Å²) in [5.41, 5.74) is 1.79. The molecule has 0 aromatic heterocycles. The zero-order chi connectivity index (χ0) is 15.4. The first kappa shape index (κ1) is 16.7. The first-order valence-corrected chi connectivity index (χ1v) is 6.96. The van der Waals surface area contributed by atoms with Crippen molar-refractivity contribution in [1.29, 1.82) is 0 Å². The van der Waals surface area contributed by atoms with Crippen LogP contribution in [0.25, 0.3) is 0 Å². The maximum absolute atomic E-state index is 13.4. The number of hydrogen-bond acceptors (Lipinski definition) is 1. The molecule has 0 bridgehead atoms.